The molecule has 2 aliphatic heterocycles. The van der Waals surface area contributed by atoms with Crippen molar-refractivity contribution in [3.05, 3.63) is 11.6 Å². The number of hydrogen-bond acceptors (Lipinski definition) is 5. The van der Waals surface area contributed by atoms with E-state index in [2.05, 4.69) is 15.4 Å². The molecular weight excluding hydrogens is 296 g/mol. The van der Waals surface area contributed by atoms with Gasteiger partial charge in [0.15, 0.2) is 0 Å². The van der Waals surface area contributed by atoms with Gasteiger partial charge in [0.1, 0.15) is 17.7 Å². The summed E-state index contributed by atoms with van der Waals surface area (Å²) in [5.74, 6) is 1.35. The van der Waals surface area contributed by atoms with E-state index in [4.69, 9.17) is 5.73 Å². The first-order valence-corrected chi connectivity index (χ1v) is 8.27. The molecule has 0 bridgehead atoms. The summed E-state index contributed by atoms with van der Waals surface area (Å²) >= 11 is 0. The van der Waals surface area contributed by atoms with Crippen molar-refractivity contribution in [1.82, 2.24) is 25.0 Å². The maximum atomic E-state index is 12.4. The quantitative estimate of drug-likeness (QED) is 0.767. The number of likely N-dealkylation sites (tertiary alicyclic amines) is 1. The zero-order valence-electron chi connectivity index (χ0n) is 13.5. The summed E-state index contributed by atoms with van der Waals surface area (Å²) < 4.78 is 1.91. The molecule has 2 amide bonds. The normalized spacial score (nSPS) is 24.3. The number of hydrogen-bond donors (Lipinski definition) is 2. The van der Waals surface area contributed by atoms with Crippen LogP contribution >= 0.6 is 0 Å². The number of aryl methyl sites for hydroxylation is 2. The van der Waals surface area contributed by atoms with Crippen LogP contribution in [0.5, 0.6) is 0 Å². The minimum Gasteiger partial charge on any atom is -0.368 e. The van der Waals surface area contributed by atoms with Crippen molar-refractivity contribution in [1.29, 1.82) is 0 Å². The van der Waals surface area contributed by atoms with Gasteiger partial charge in [-0.2, -0.15) is 5.10 Å². The number of piperidine rings is 1. The molecular formula is C15H24N6O2. The average molecular weight is 320 g/mol. The van der Waals surface area contributed by atoms with Crippen LogP contribution in [0.3, 0.4) is 0 Å². The van der Waals surface area contributed by atoms with Crippen molar-refractivity contribution < 1.29 is 9.59 Å². The Bertz CT molecular complexity index is 599. The van der Waals surface area contributed by atoms with Crippen molar-refractivity contribution in [2.45, 2.75) is 57.7 Å². The Morgan fingerprint density at radius 1 is 1.35 bits per heavy atom. The third-order valence-electron chi connectivity index (χ3n) is 4.66. The van der Waals surface area contributed by atoms with Crippen LogP contribution in [-0.2, 0) is 22.6 Å². The second-order valence-corrected chi connectivity index (χ2v) is 6.37. The van der Waals surface area contributed by atoms with Crippen LogP contribution in [0.15, 0.2) is 0 Å². The Kier molecular flexibility index (Phi) is 4.61. The highest BCUT2D eigenvalue weighted by molar-refractivity contribution is 5.87. The van der Waals surface area contributed by atoms with Gasteiger partial charge in [0.2, 0.25) is 11.8 Å². The number of carbonyl (C=O) groups excluding carboxylic acids is 2. The van der Waals surface area contributed by atoms with Gasteiger partial charge < -0.3 is 16.0 Å². The zero-order chi connectivity index (χ0) is 16.4. The molecule has 8 heteroatoms. The molecule has 1 aromatic heterocycles. The van der Waals surface area contributed by atoms with Crippen LogP contribution in [0.25, 0.3) is 0 Å². The van der Waals surface area contributed by atoms with Crippen molar-refractivity contribution >= 4 is 11.8 Å². The van der Waals surface area contributed by atoms with Gasteiger partial charge >= 0.3 is 0 Å². The predicted octanol–water partition coefficient (Wildman–Crippen LogP) is -0.643. The van der Waals surface area contributed by atoms with E-state index in [0.717, 1.165) is 43.9 Å². The first-order chi connectivity index (χ1) is 11.0. The van der Waals surface area contributed by atoms with Gasteiger partial charge in [0.05, 0.1) is 13.1 Å². The SMILES string of the molecule is Cc1nc2n(n1)CC(NCC(=O)N1CCCCC1C(N)=O)CC2. The minimum absolute atomic E-state index is 0.0472. The number of aromatic nitrogens is 3. The molecule has 2 unspecified atom stereocenters. The molecule has 0 aromatic carbocycles. The van der Waals surface area contributed by atoms with Crippen LogP contribution in [-0.4, -0.2) is 56.7 Å². The summed E-state index contributed by atoms with van der Waals surface area (Å²) in [6, 6.07) is -0.252. The van der Waals surface area contributed by atoms with Crippen molar-refractivity contribution in [3.63, 3.8) is 0 Å². The van der Waals surface area contributed by atoms with Gasteiger partial charge in [0, 0.05) is 19.0 Å². The number of nitrogens with one attached hydrogen (secondary N) is 1. The Morgan fingerprint density at radius 3 is 2.96 bits per heavy atom. The second kappa shape index (κ2) is 6.66. The summed E-state index contributed by atoms with van der Waals surface area (Å²) in [6.07, 6.45) is 4.35. The fourth-order valence-corrected chi connectivity index (χ4v) is 3.46. The van der Waals surface area contributed by atoms with E-state index in [1.165, 1.54) is 0 Å². The van der Waals surface area contributed by atoms with Crippen LogP contribution in [0, 0.1) is 6.92 Å². The summed E-state index contributed by atoms with van der Waals surface area (Å²) in [4.78, 5) is 29.9. The molecule has 0 saturated carbocycles. The lowest BCUT2D eigenvalue weighted by Gasteiger charge is -2.34. The average Bonchev–Trinajstić information content (AvgIpc) is 2.91. The monoisotopic (exact) mass is 320 g/mol. The summed E-state index contributed by atoms with van der Waals surface area (Å²) in [5, 5.41) is 7.66. The van der Waals surface area contributed by atoms with Crippen molar-refractivity contribution in [3.8, 4) is 0 Å². The third-order valence-corrected chi connectivity index (χ3v) is 4.66. The maximum absolute atomic E-state index is 12.4. The maximum Gasteiger partial charge on any atom is 0.240 e. The van der Waals surface area contributed by atoms with Crippen molar-refractivity contribution in [2.24, 2.45) is 5.73 Å². The molecule has 23 heavy (non-hydrogen) atoms. The van der Waals surface area contributed by atoms with E-state index in [1.54, 1.807) is 4.90 Å². The smallest absolute Gasteiger partial charge is 0.240 e. The van der Waals surface area contributed by atoms with E-state index >= 15 is 0 Å². The van der Waals surface area contributed by atoms with Gasteiger partial charge in [-0.15, -0.1) is 0 Å². The lowest BCUT2D eigenvalue weighted by molar-refractivity contribution is -0.140. The lowest BCUT2D eigenvalue weighted by atomic mass is 10.0. The van der Waals surface area contributed by atoms with E-state index in [0.29, 0.717) is 13.0 Å². The minimum atomic E-state index is -0.450. The van der Waals surface area contributed by atoms with Gasteiger partial charge in [-0.1, -0.05) is 0 Å². The van der Waals surface area contributed by atoms with Gasteiger partial charge in [-0.25, -0.2) is 9.67 Å². The third kappa shape index (κ3) is 3.52. The molecule has 0 aliphatic carbocycles. The van der Waals surface area contributed by atoms with E-state index in [1.807, 2.05) is 11.6 Å². The Balaban J connectivity index is 1.54. The first kappa shape index (κ1) is 15.9. The van der Waals surface area contributed by atoms with E-state index < -0.39 is 11.9 Å². The highest BCUT2D eigenvalue weighted by Crippen LogP contribution is 2.17. The molecule has 1 fully saturated rings. The molecule has 0 spiro atoms. The largest absolute Gasteiger partial charge is 0.368 e. The topological polar surface area (TPSA) is 106 Å². The Morgan fingerprint density at radius 2 is 2.17 bits per heavy atom. The molecule has 3 heterocycles. The predicted molar refractivity (Wildman–Crippen MR) is 83.4 cm³/mol. The van der Waals surface area contributed by atoms with Gasteiger partial charge in [0.25, 0.3) is 0 Å². The van der Waals surface area contributed by atoms with Crippen molar-refractivity contribution in [2.75, 3.05) is 13.1 Å². The van der Waals surface area contributed by atoms with Gasteiger partial charge in [-0.05, 0) is 32.6 Å². The number of amides is 2. The number of nitrogens with zero attached hydrogens (tertiary/aromatic N) is 4. The molecule has 126 valence electrons. The number of nitrogens with two attached hydrogens (primary N) is 1. The fraction of sp³-hybridized carbons (Fsp3) is 0.733. The number of rotatable bonds is 4. The second-order valence-electron chi connectivity index (χ2n) is 6.37. The van der Waals surface area contributed by atoms with Gasteiger partial charge in [-0.3, -0.25) is 9.59 Å². The van der Waals surface area contributed by atoms with Crippen LogP contribution < -0.4 is 11.1 Å². The Hall–Kier alpha value is -1.96. The van der Waals surface area contributed by atoms with Crippen LogP contribution in [0.1, 0.15) is 37.3 Å². The summed E-state index contributed by atoms with van der Waals surface area (Å²) in [6.45, 7) is 3.46. The molecule has 1 saturated heterocycles. The van der Waals surface area contributed by atoms with E-state index in [-0.39, 0.29) is 18.5 Å². The summed E-state index contributed by atoms with van der Waals surface area (Å²) in [5.41, 5.74) is 5.42. The molecule has 2 atom stereocenters. The summed E-state index contributed by atoms with van der Waals surface area (Å²) in [7, 11) is 0. The molecule has 2 aliphatic rings. The highest BCUT2D eigenvalue weighted by atomic mass is 16.2. The fourth-order valence-electron chi connectivity index (χ4n) is 3.46. The van der Waals surface area contributed by atoms with E-state index in [9.17, 15) is 9.59 Å². The molecule has 8 nitrogen and oxygen atoms in total. The zero-order valence-corrected chi connectivity index (χ0v) is 13.5. The molecule has 1 aromatic rings. The molecule has 3 N–H and O–H groups in total. The standard InChI is InChI=1S/C15H24N6O2/c1-10-18-13-6-5-11(9-21(13)19-10)17-8-14(22)20-7-3-2-4-12(20)15(16)23/h11-12,17H,2-9H2,1H3,(H2,16,23). The van der Waals surface area contributed by atoms with Crippen LogP contribution in [0.4, 0.5) is 0 Å². The van der Waals surface area contributed by atoms with Crippen LogP contribution in [0.2, 0.25) is 0 Å². The number of fused-ring (bicyclic) bond motifs is 1. The number of carbonyl (C=O) groups is 2. The lowest BCUT2D eigenvalue weighted by Crippen LogP contribution is -2.53. The first-order valence-electron chi connectivity index (χ1n) is 8.27. The Labute approximate surface area is 135 Å². The molecule has 3 rings (SSSR count). The highest BCUT2D eigenvalue weighted by Gasteiger charge is 2.31. The number of primary amides is 1. The molecule has 0 radical (unpaired) electrons.